The minimum Gasteiger partial charge on any atom is -0.497 e. The molecule has 0 N–H and O–H groups in total. The minimum absolute atomic E-state index is 0.0214. The van der Waals surface area contributed by atoms with E-state index in [9.17, 15) is 4.79 Å². The van der Waals surface area contributed by atoms with E-state index in [0.29, 0.717) is 18.7 Å². The van der Waals surface area contributed by atoms with Crippen molar-refractivity contribution in [3.8, 4) is 29.7 Å². The van der Waals surface area contributed by atoms with Gasteiger partial charge in [-0.3, -0.25) is 0 Å². The van der Waals surface area contributed by atoms with Crippen molar-refractivity contribution in [1.29, 1.82) is 0 Å². The highest BCUT2D eigenvalue weighted by molar-refractivity contribution is 5.89. The smallest absolute Gasteiger partial charge is 0.364 e. The zero-order chi connectivity index (χ0) is 20.6. The second kappa shape index (κ2) is 9.42. The van der Waals surface area contributed by atoms with Gasteiger partial charge in [-0.05, 0) is 42.3 Å². The third-order valence-corrected chi connectivity index (χ3v) is 4.09. The highest BCUT2D eigenvalue weighted by Gasteiger charge is 2.23. The molecule has 0 saturated heterocycles. The Balaban J connectivity index is 1.89. The molecule has 0 bridgehead atoms. The van der Waals surface area contributed by atoms with Crippen LogP contribution >= 0.6 is 0 Å². The zero-order valence-electron chi connectivity index (χ0n) is 16.3. The number of aromatic nitrogens is 3. The van der Waals surface area contributed by atoms with E-state index >= 15 is 0 Å². The maximum Gasteiger partial charge on any atom is 0.364 e. The Bertz CT molecular complexity index is 1000. The van der Waals surface area contributed by atoms with Gasteiger partial charge in [-0.2, -0.15) is 0 Å². The summed E-state index contributed by atoms with van der Waals surface area (Å²) in [5.41, 5.74) is 1.96. The van der Waals surface area contributed by atoms with Crippen molar-refractivity contribution >= 4 is 5.97 Å². The summed E-state index contributed by atoms with van der Waals surface area (Å²) in [4.78, 5) is 12.3. The summed E-state index contributed by atoms with van der Waals surface area (Å²) in [5.74, 6) is 3.51. The van der Waals surface area contributed by atoms with Crippen molar-refractivity contribution in [2.45, 2.75) is 19.9 Å². The van der Waals surface area contributed by atoms with Crippen LogP contribution in [0, 0.1) is 12.3 Å². The fourth-order valence-corrected chi connectivity index (χ4v) is 2.65. The van der Waals surface area contributed by atoms with Crippen LogP contribution in [0.4, 0.5) is 0 Å². The van der Waals surface area contributed by atoms with Crippen molar-refractivity contribution in [3.63, 3.8) is 0 Å². The van der Waals surface area contributed by atoms with Gasteiger partial charge in [0.05, 0.1) is 20.3 Å². The zero-order valence-corrected chi connectivity index (χ0v) is 16.3. The molecule has 0 saturated carbocycles. The third kappa shape index (κ3) is 4.93. The molecule has 7 nitrogen and oxygen atoms in total. The number of terminal acetylenes is 1. The van der Waals surface area contributed by atoms with Crippen molar-refractivity contribution in [2.24, 2.45) is 0 Å². The number of hydrogen-bond donors (Lipinski definition) is 0. The molecule has 3 aromatic rings. The molecule has 148 valence electrons. The average Bonchev–Trinajstić information content (AvgIpc) is 3.12. The molecule has 2 aromatic carbocycles. The lowest BCUT2D eigenvalue weighted by atomic mass is 10.1. The Kier molecular flexibility index (Phi) is 6.48. The van der Waals surface area contributed by atoms with Gasteiger partial charge in [-0.1, -0.05) is 29.5 Å². The molecule has 0 aliphatic rings. The topological polar surface area (TPSA) is 75.5 Å². The molecule has 29 heavy (non-hydrogen) atoms. The van der Waals surface area contributed by atoms with Gasteiger partial charge >= 0.3 is 5.97 Å². The lowest BCUT2D eigenvalue weighted by Crippen LogP contribution is -2.09. The Morgan fingerprint density at radius 1 is 1.07 bits per heavy atom. The summed E-state index contributed by atoms with van der Waals surface area (Å²) in [7, 11) is 1.61. The fraction of sp³-hybridized carbons (Fsp3) is 0.227. The molecule has 0 radical (unpaired) electrons. The van der Waals surface area contributed by atoms with Gasteiger partial charge < -0.3 is 14.2 Å². The number of methoxy groups -OCH3 is 1. The lowest BCUT2D eigenvalue weighted by molar-refractivity contribution is 0.0516. The fourth-order valence-electron chi connectivity index (χ4n) is 2.65. The molecule has 3 rings (SSSR count). The normalized spacial score (nSPS) is 10.2. The van der Waals surface area contributed by atoms with Gasteiger partial charge in [-0.15, -0.1) is 17.4 Å². The molecule has 1 heterocycles. The Morgan fingerprint density at radius 2 is 1.72 bits per heavy atom. The molecule has 1 aromatic heterocycles. The second-order valence-corrected chi connectivity index (χ2v) is 6.10. The van der Waals surface area contributed by atoms with Crippen LogP contribution in [0.25, 0.3) is 0 Å². The van der Waals surface area contributed by atoms with Crippen molar-refractivity contribution in [3.05, 3.63) is 65.4 Å². The van der Waals surface area contributed by atoms with Gasteiger partial charge in [-0.25, -0.2) is 9.48 Å². The van der Waals surface area contributed by atoms with Crippen LogP contribution < -0.4 is 9.47 Å². The van der Waals surface area contributed by atoms with E-state index in [0.717, 1.165) is 16.9 Å². The molecule has 0 aliphatic carbocycles. The van der Waals surface area contributed by atoms with Gasteiger partial charge in [0.25, 0.3) is 5.88 Å². The summed E-state index contributed by atoms with van der Waals surface area (Å²) in [5, 5.41) is 8.05. The van der Waals surface area contributed by atoms with E-state index in [2.05, 4.69) is 16.2 Å². The first-order chi connectivity index (χ1) is 14.1. The minimum atomic E-state index is -0.590. The highest BCUT2D eigenvalue weighted by atomic mass is 16.5. The summed E-state index contributed by atoms with van der Waals surface area (Å²) < 4.78 is 17.7. The van der Waals surface area contributed by atoms with Crippen molar-refractivity contribution in [2.75, 3.05) is 13.7 Å². The van der Waals surface area contributed by atoms with Crippen LogP contribution in [0.2, 0.25) is 0 Å². The standard InChI is InChI=1S/C22H21N3O4/c1-4-6-16-7-13-19(14-8-16)29-21-20(22(26)28-5-2)23-24-25(21)15-17-9-11-18(27-3)12-10-17/h1,7-14H,5-6,15H2,2-3H3. The average molecular weight is 391 g/mol. The van der Waals surface area contributed by atoms with Crippen LogP contribution in [0.3, 0.4) is 0 Å². The van der Waals surface area contributed by atoms with Crippen LogP contribution in [0.15, 0.2) is 48.5 Å². The van der Waals surface area contributed by atoms with Crippen LogP contribution in [-0.2, 0) is 17.7 Å². The summed E-state index contributed by atoms with van der Waals surface area (Å²) in [6.45, 7) is 2.32. The van der Waals surface area contributed by atoms with Gasteiger partial charge in [0.1, 0.15) is 11.5 Å². The van der Waals surface area contributed by atoms with Crippen LogP contribution in [-0.4, -0.2) is 34.7 Å². The number of carbonyl (C=O) groups is 1. The number of ether oxygens (including phenoxy) is 3. The molecule has 0 unspecified atom stereocenters. The molecular formula is C22H21N3O4. The predicted octanol–water partition coefficient (Wildman–Crippen LogP) is 3.48. The van der Waals surface area contributed by atoms with Crippen LogP contribution in [0.1, 0.15) is 28.5 Å². The SMILES string of the molecule is C#CCc1ccc(Oc2c(C(=O)OCC)nnn2Cc2ccc(OC)cc2)cc1. The number of nitrogens with zero attached hydrogens (tertiary/aromatic N) is 3. The first kappa shape index (κ1) is 20.0. The van der Waals surface area contributed by atoms with Crippen LogP contribution in [0.5, 0.6) is 17.4 Å². The van der Waals surface area contributed by atoms with E-state index < -0.39 is 5.97 Å². The van der Waals surface area contributed by atoms with Gasteiger partial charge in [0.2, 0.25) is 5.69 Å². The van der Waals surface area contributed by atoms with Crippen molar-refractivity contribution < 1.29 is 19.0 Å². The second-order valence-electron chi connectivity index (χ2n) is 6.10. The first-order valence-electron chi connectivity index (χ1n) is 9.08. The molecule has 0 amide bonds. The molecule has 0 fully saturated rings. The summed E-state index contributed by atoms with van der Waals surface area (Å²) in [6, 6.07) is 14.8. The summed E-state index contributed by atoms with van der Waals surface area (Å²) >= 11 is 0. The number of esters is 1. The largest absolute Gasteiger partial charge is 0.497 e. The van der Waals surface area contributed by atoms with Gasteiger partial charge in [0.15, 0.2) is 0 Å². The van der Waals surface area contributed by atoms with E-state index in [1.54, 1.807) is 26.2 Å². The Hall–Kier alpha value is -3.79. The third-order valence-electron chi connectivity index (χ3n) is 4.09. The number of hydrogen-bond acceptors (Lipinski definition) is 6. The monoisotopic (exact) mass is 391 g/mol. The van der Waals surface area contributed by atoms with E-state index in [4.69, 9.17) is 20.6 Å². The molecular weight excluding hydrogens is 370 g/mol. The molecule has 0 spiro atoms. The maximum atomic E-state index is 12.3. The van der Waals surface area contributed by atoms with Crippen molar-refractivity contribution in [1.82, 2.24) is 15.0 Å². The number of carbonyl (C=O) groups excluding carboxylic acids is 1. The van der Waals surface area contributed by atoms with Gasteiger partial charge in [0, 0.05) is 6.42 Å². The quantitative estimate of drug-likeness (QED) is 0.432. The first-order valence-corrected chi connectivity index (χ1v) is 9.08. The number of rotatable bonds is 8. The number of benzene rings is 2. The van der Waals surface area contributed by atoms with E-state index in [1.807, 2.05) is 36.4 Å². The highest BCUT2D eigenvalue weighted by Crippen LogP contribution is 2.26. The lowest BCUT2D eigenvalue weighted by Gasteiger charge is -2.10. The Labute approximate surface area is 169 Å². The Morgan fingerprint density at radius 3 is 2.34 bits per heavy atom. The predicted molar refractivity (Wildman–Crippen MR) is 107 cm³/mol. The maximum absolute atomic E-state index is 12.3. The molecule has 0 atom stereocenters. The van der Waals surface area contributed by atoms with E-state index in [-0.39, 0.29) is 18.2 Å². The molecule has 0 aliphatic heterocycles. The van der Waals surface area contributed by atoms with E-state index in [1.165, 1.54) is 4.68 Å². The summed E-state index contributed by atoms with van der Waals surface area (Å²) in [6.07, 6.45) is 5.87. The molecule has 7 heteroatoms.